The molecule has 4 nitrogen and oxygen atoms in total. The van der Waals surface area contributed by atoms with Crippen LogP contribution in [0.5, 0.6) is 0 Å². The topological polar surface area (TPSA) is 34.0 Å². The highest BCUT2D eigenvalue weighted by atomic mass is 15.4. The molecule has 1 saturated heterocycles. The van der Waals surface area contributed by atoms with Gasteiger partial charge in [0, 0.05) is 25.7 Å². The van der Waals surface area contributed by atoms with Crippen molar-refractivity contribution in [2.24, 2.45) is 7.05 Å². The Morgan fingerprint density at radius 1 is 1.46 bits per heavy atom. The highest BCUT2D eigenvalue weighted by molar-refractivity contribution is 5.03. The van der Waals surface area contributed by atoms with Crippen LogP contribution >= 0.6 is 0 Å². The summed E-state index contributed by atoms with van der Waals surface area (Å²) in [6.07, 6.45) is 4.56. The Bertz CT molecular complexity index is 281. The Morgan fingerprint density at radius 2 is 2.31 bits per heavy atom. The van der Waals surface area contributed by atoms with E-state index in [0.29, 0.717) is 5.92 Å². The van der Waals surface area contributed by atoms with Crippen LogP contribution in [0.25, 0.3) is 0 Å². The van der Waals surface area contributed by atoms with Gasteiger partial charge in [-0.05, 0) is 26.4 Å². The maximum Gasteiger partial charge on any atom is 0.0870 e. The Morgan fingerprint density at radius 3 is 2.92 bits per heavy atom. The van der Waals surface area contributed by atoms with Crippen LogP contribution in [0, 0.1) is 0 Å². The summed E-state index contributed by atoms with van der Waals surface area (Å²) in [4.78, 5) is 2.36. The molecule has 1 unspecified atom stereocenters. The van der Waals surface area contributed by atoms with Gasteiger partial charge in [0.05, 0.1) is 5.69 Å². The summed E-state index contributed by atoms with van der Waals surface area (Å²) < 4.78 is 1.78. The average Bonchev–Trinajstić information content (AvgIpc) is 2.52. The molecule has 0 bridgehead atoms. The van der Waals surface area contributed by atoms with E-state index in [4.69, 9.17) is 0 Å². The van der Waals surface area contributed by atoms with Gasteiger partial charge in [0.1, 0.15) is 0 Å². The highest BCUT2D eigenvalue weighted by Gasteiger charge is 2.20. The van der Waals surface area contributed by atoms with E-state index in [1.54, 1.807) is 4.68 Å². The van der Waals surface area contributed by atoms with Crippen molar-refractivity contribution in [3.05, 3.63) is 11.9 Å². The standard InChI is InChI=1S/C9H16N4/c1-12-5-3-4-8(6-12)9-7-13(2)11-10-9/h7-8H,3-6H2,1-2H3. The Kier molecular flexibility index (Phi) is 2.31. The van der Waals surface area contributed by atoms with Crippen LogP contribution in [0.15, 0.2) is 6.20 Å². The van der Waals surface area contributed by atoms with E-state index >= 15 is 0 Å². The number of aryl methyl sites for hydroxylation is 1. The molecule has 0 aromatic carbocycles. The van der Waals surface area contributed by atoms with Crippen LogP contribution in [-0.4, -0.2) is 40.0 Å². The molecular weight excluding hydrogens is 164 g/mol. The maximum atomic E-state index is 4.16. The molecule has 1 atom stereocenters. The lowest BCUT2D eigenvalue weighted by Gasteiger charge is -2.28. The zero-order chi connectivity index (χ0) is 9.26. The molecule has 1 fully saturated rings. The van der Waals surface area contributed by atoms with Gasteiger partial charge in [0.25, 0.3) is 0 Å². The molecule has 0 amide bonds. The number of hydrogen-bond acceptors (Lipinski definition) is 3. The quantitative estimate of drug-likeness (QED) is 0.635. The predicted octanol–water partition coefficient (Wildman–Crippen LogP) is 0.624. The molecule has 13 heavy (non-hydrogen) atoms. The summed E-state index contributed by atoms with van der Waals surface area (Å²) in [5.74, 6) is 0.590. The van der Waals surface area contributed by atoms with Crippen LogP contribution in [0.2, 0.25) is 0 Å². The Balaban J connectivity index is 2.08. The van der Waals surface area contributed by atoms with Crippen molar-refractivity contribution in [1.82, 2.24) is 19.9 Å². The summed E-state index contributed by atoms with van der Waals surface area (Å²) in [5, 5.41) is 8.13. The summed E-state index contributed by atoms with van der Waals surface area (Å²) in [7, 11) is 4.09. The van der Waals surface area contributed by atoms with Crippen LogP contribution in [0.3, 0.4) is 0 Å². The monoisotopic (exact) mass is 180 g/mol. The number of rotatable bonds is 1. The minimum absolute atomic E-state index is 0.590. The lowest BCUT2D eigenvalue weighted by Crippen LogP contribution is -2.30. The van der Waals surface area contributed by atoms with E-state index in [-0.39, 0.29) is 0 Å². The molecule has 0 radical (unpaired) electrons. The molecule has 1 aromatic rings. The smallest absolute Gasteiger partial charge is 0.0870 e. The molecule has 1 aliphatic rings. The second-order valence-electron chi connectivity index (χ2n) is 3.92. The van der Waals surface area contributed by atoms with Gasteiger partial charge in [0.15, 0.2) is 0 Å². The SMILES string of the molecule is CN1CCCC(c2cn(C)nn2)C1. The first-order valence-electron chi connectivity index (χ1n) is 4.80. The molecule has 0 N–H and O–H groups in total. The molecule has 72 valence electrons. The summed E-state index contributed by atoms with van der Waals surface area (Å²) in [6, 6.07) is 0. The van der Waals surface area contributed by atoms with Gasteiger partial charge in [-0.25, -0.2) is 0 Å². The van der Waals surface area contributed by atoms with E-state index in [2.05, 4.69) is 22.3 Å². The van der Waals surface area contributed by atoms with Gasteiger partial charge in [-0.2, -0.15) is 0 Å². The molecule has 1 aromatic heterocycles. The first-order chi connectivity index (χ1) is 6.25. The molecule has 0 spiro atoms. The first-order valence-corrected chi connectivity index (χ1v) is 4.80. The van der Waals surface area contributed by atoms with Gasteiger partial charge in [-0.3, -0.25) is 4.68 Å². The molecule has 1 aliphatic heterocycles. The molecule has 4 heteroatoms. The number of nitrogens with zero attached hydrogens (tertiary/aromatic N) is 4. The minimum atomic E-state index is 0.590. The van der Waals surface area contributed by atoms with Gasteiger partial charge in [-0.1, -0.05) is 5.21 Å². The second-order valence-corrected chi connectivity index (χ2v) is 3.92. The van der Waals surface area contributed by atoms with Gasteiger partial charge >= 0.3 is 0 Å². The number of likely N-dealkylation sites (tertiary alicyclic amines) is 1. The minimum Gasteiger partial charge on any atom is -0.306 e. The van der Waals surface area contributed by atoms with Crippen LogP contribution in [-0.2, 0) is 7.05 Å². The maximum absolute atomic E-state index is 4.16. The van der Waals surface area contributed by atoms with Gasteiger partial charge < -0.3 is 4.90 Å². The van der Waals surface area contributed by atoms with Crippen molar-refractivity contribution < 1.29 is 0 Å². The second kappa shape index (κ2) is 3.46. The van der Waals surface area contributed by atoms with E-state index in [1.807, 2.05) is 13.2 Å². The molecule has 0 aliphatic carbocycles. The summed E-state index contributed by atoms with van der Waals surface area (Å²) in [5.41, 5.74) is 1.15. The first kappa shape index (κ1) is 8.69. The van der Waals surface area contributed by atoms with Crippen molar-refractivity contribution in [1.29, 1.82) is 0 Å². The van der Waals surface area contributed by atoms with Gasteiger partial charge in [-0.15, -0.1) is 5.10 Å². The molecular formula is C9H16N4. The van der Waals surface area contributed by atoms with Crippen LogP contribution < -0.4 is 0 Å². The summed E-state index contributed by atoms with van der Waals surface area (Å²) >= 11 is 0. The van der Waals surface area contributed by atoms with E-state index < -0.39 is 0 Å². The van der Waals surface area contributed by atoms with Crippen LogP contribution in [0.4, 0.5) is 0 Å². The zero-order valence-electron chi connectivity index (χ0n) is 8.27. The third kappa shape index (κ3) is 1.88. The Labute approximate surface area is 78.5 Å². The van der Waals surface area contributed by atoms with E-state index in [0.717, 1.165) is 12.2 Å². The molecule has 0 saturated carbocycles. The van der Waals surface area contributed by atoms with Gasteiger partial charge in [0.2, 0.25) is 0 Å². The largest absolute Gasteiger partial charge is 0.306 e. The zero-order valence-corrected chi connectivity index (χ0v) is 8.27. The van der Waals surface area contributed by atoms with Crippen molar-refractivity contribution >= 4 is 0 Å². The van der Waals surface area contributed by atoms with Crippen molar-refractivity contribution in [3.8, 4) is 0 Å². The fourth-order valence-corrected chi connectivity index (χ4v) is 1.96. The molecule has 2 heterocycles. The Hall–Kier alpha value is -0.900. The predicted molar refractivity (Wildman–Crippen MR) is 50.5 cm³/mol. The third-order valence-corrected chi connectivity index (χ3v) is 2.66. The van der Waals surface area contributed by atoms with E-state index in [1.165, 1.54) is 19.4 Å². The average molecular weight is 180 g/mol. The number of likely N-dealkylation sites (N-methyl/N-ethyl adjacent to an activating group) is 1. The van der Waals surface area contributed by atoms with Crippen molar-refractivity contribution in [3.63, 3.8) is 0 Å². The van der Waals surface area contributed by atoms with Crippen molar-refractivity contribution in [2.45, 2.75) is 18.8 Å². The third-order valence-electron chi connectivity index (χ3n) is 2.66. The fourth-order valence-electron chi connectivity index (χ4n) is 1.96. The number of piperidine rings is 1. The van der Waals surface area contributed by atoms with E-state index in [9.17, 15) is 0 Å². The number of aromatic nitrogens is 3. The summed E-state index contributed by atoms with van der Waals surface area (Å²) in [6.45, 7) is 2.34. The lowest BCUT2D eigenvalue weighted by atomic mass is 9.96. The van der Waals surface area contributed by atoms with Crippen LogP contribution in [0.1, 0.15) is 24.5 Å². The lowest BCUT2D eigenvalue weighted by molar-refractivity contribution is 0.248. The number of hydrogen-bond donors (Lipinski definition) is 0. The normalized spacial score (nSPS) is 24.9. The van der Waals surface area contributed by atoms with Crippen molar-refractivity contribution in [2.75, 3.05) is 20.1 Å². The highest BCUT2D eigenvalue weighted by Crippen LogP contribution is 2.23. The molecule has 2 rings (SSSR count). The fraction of sp³-hybridized carbons (Fsp3) is 0.778.